The quantitative estimate of drug-likeness (QED) is 0.589. The highest BCUT2D eigenvalue weighted by molar-refractivity contribution is 9.11. The Morgan fingerprint density at radius 1 is 1.33 bits per heavy atom. The summed E-state index contributed by atoms with van der Waals surface area (Å²) in [5.74, 6) is -0.298. The molecule has 0 aromatic heterocycles. The number of nitriles is 2. The van der Waals surface area contributed by atoms with E-state index in [2.05, 4.69) is 37.2 Å². The molecule has 0 spiro atoms. The first kappa shape index (κ1) is 17.2. The molecular formula is C14H11Br2N3O2. The number of esters is 1. The van der Waals surface area contributed by atoms with Crippen LogP contribution < -0.4 is 5.32 Å². The molecule has 5 nitrogen and oxygen atoms in total. The number of halogens is 2. The van der Waals surface area contributed by atoms with E-state index in [-0.39, 0.29) is 18.0 Å². The molecule has 0 aliphatic heterocycles. The molecule has 0 bridgehead atoms. The van der Waals surface area contributed by atoms with Crippen LogP contribution >= 0.6 is 31.9 Å². The van der Waals surface area contributed by atoms with Crippen LogP contribution in [-0.4, -0.2) is 12.6 Å². The predicted octanol–water partition coefficient (Wildman–Crippen LogP) is 3.66. The maximum atomic E-state index is 11.5. The number of benzene rings is 1. The van der Waals surface area contributed by atoms with Crippen molar-refractivity contribution in [3.05, 3.63) is 38.4 Å². The average Bonchev–Trinajstić information content (AvgIpc) is 2.42. The molecule has 0 saturated heterocycles. The largest absolute Gasteiger partial charge is 0.466 e. The summed E-state index contributed by atoms with van der Waals surface area (Å²) >= 11 is 6.76. The van der Waals surface area contributed by atoms with Crippen LogP contribution in [0.2, 0.25) is 0 Å². The monoisotopic (exact) mass is 411 g/mol. The first-order valence-corrected chi connectivity index (χ1v) is 7.50. The third kappa shape index (κ3) is 5.22. The molecular weight excluding hydrogens is 402 g/mol. The van der Waals surface area contributed by atoms with Gasteiger partial charge in [0.2, 0.25) is 0 Å². The Labute approximate surface area is 139 Å². The third-order valence-corrected chi connectivity index (χ3v) is 3.61. The predicted molar refractivity (Wildman–Crippen MR) is 85.1 cm³/mol. The van der Waals surface area contributed by atoms with Crippen LogP contribution in [0, 0.1) is 22.7 Å². The number of carbonyl (C=O) groups excluding carboxylic acids is 1. The minimum Gasteiger partial charge on any atom is -0.466 e. The van der Waals surface area contributed by atoms with Gasteiger partial charge in [-0.15, -0.1) is 0 Å². The van der Waals surface area contributed by atoms with Crippen molar-refractivity contribution < 1.29 is 9.53 Å². The minimum atomic E-state index is -0.298. The van der Waals surface area contributed by atoms with Crippen molar-refractivity contribution in [1.29, 1.82) is 10.5 Å². The number of anilines is 1. The van der Waals surface area contributed by atoms with Gasteiger partial charge in [-0.2, -0.15) is 10.5 Å². The third-order valence-electron chi connectivity index (χ3n) is 2.36. The summed E-state index contributed by atoms with van der Waals surface area (Å²) in [4.78, 5) is 11.5. The summed E-state index contributed by atoms with van der Waals surface area (Å²) in [6, 6.07) is 7.06. The first-order valence-electron chi connectivity index (χ1n) is 5.92. The van der Waals surface area contributed by atoms with Gasteiger partial charge in [0.05, 0.1) is 18.7 Å². The molecule has 0 radical (unpaired) electrons. The Morgan fingerprint density at radius 3 is 2.38 bits per heavy atom. The van der Waals surface area contributed by atoms with Gasteiger partial charge in [0.1, 0.15) is 17.7 Å². The van der Waals surface area contributed by atoms with Crippen molar-refractivity contribution in [1.82, 2.24) is 0 Å². The number of rotatable bonds is 5. The van der Waals surface area contributed by atoms with Gasteiger partial charge < -0.3 is 10.1 Å². The zero-order chi connectivity index (χ0) is 15.8. The smallest absolute Gasteiger partial charge is 0.310 e. The Balaban J connectivity index is 2.96. The number of nitrogens with one attached hydrogen (secondary N) is 1. The van der Waals surface area contributed by atoms with Crippen LogP contribution in [0.5, 0.6) is 0 Å². The van der Waals surface area contributed by atoms with Crippen LogP contribution in [0.15, 0.2) is 32.9 Å². The molecule has 0 amide bonds. The van der Waals surface area contributed by atoms with E-state index in [1.165, 1.54) is 6.20 Å². The van der Waals surface area contributed by atoms with Crippen LogP contribution in [0.1, 0.15) is 12.5 Å². The lowest BCUT2D eigenvalue weighted by Crippen LogP contribution is -2.07. The molecule has 0 unspecified atom stereocenters. The fraction of sp³-hybridized carbons (Fsp3) is 0.214. The zero-order valence-corrected chi connectivity index (χ0v) is 14.3. The number of ether oxygens (including phenoxy) is 1. The van der Waals surface area contributed by atoms with E-state index < -0.39 is 0 Å². The molecule has 1 rings (SSSR count). The number of allylic oxidation sites excluding steroid dienone is 1. The minimum absolute atomic E-state index is 0.0376. The molecule has 7 heteroatoms. The molecule has 0 saturated carbocycles. The van der Waals surface area contributed by atoms with E-state index in [4.69, 9.17) is 15.3 Å². The van der Waals surface area contributed by atoms with Gasteiger partial charge in [-0.05, 0) is 56.5 Å². The second-order valence-corrected chi connectivity index (χ2v) is 5.55. The lowest BCUT2D eigenvalue weighted by atomic mass is 10.1. The normalized spacial score (nSPS) is 9.19. The van der Waals surface area contributed by atoms with Crippen LogP contribution in [0.25, 0.3) is 0 Å². The number of nitrogens with zero attached hydrogens (tertiary/aromatic N) is 2. The number of carbonyl (C=O) groups is 1. The number of hydrogen-bond donors (Lipinski definition) is 1. The molecule has 0 aliphatic carbocycles. The van der Waals surface area contributed by atoms with E-state index in [0.29, 0.717) is 21.2 Å². The molecule has 0 heterocycles. The van der Waals surface area contributed by atoms with E-state index in [1.807, 2.05) is 0 Å². The zero-order valence-electron chi connectivity index (χ0n) is 11.1. The van der Waals surface area contributed by atoms with Gasteiger partial charge in [-0.25, -0.2) is 0 Å². The fourth-order valence-corrected chi connectivity index (χ4v) is 2.99. The van der Waals surface area contributed by atoms with Gasteiger partial charge in [-0.3, -0.25) is 4.79 Å². The topological polar surface area (TPSA) is 85.9 Å². The van der Waals surface area contributed by atoms with Crippen molar-refractivity contribution in [2.24, 2.45) is 0 Å². The van der Waals surface area contributed by atoms with Crippen molar-refractivity contribution in [3.8, 4) is 12.1 Å². The average molecular weight is 413 g/mol. The summed E-state index contributed by atoms with van der Waals surface area (Å²) in [5.41, 5.74) is 1.40. The molecule has 1 aromatic rings. The summed E-state index contributed by atoms with van der Waals surface area (Å²) in [5, 5.41) is 20.2. The lowest BCUT2D eigenvalue weighted by Gasteiger charge is -2.10. The van der Waals surface area contributed by atoms with E-state index in [9.17, 15) is 4.79 Å². The van der Waals surface area contributed by atoms with Crippen LogP contribution in [0.3, 0.4) is 0 Å². The number of hydrogen-bond acceptors (Lipinski definition) is 5. The van der Waals surface area contributed by atoms with Gasteiger partial charge in [-0.1, -0.05) is 0 Å². The maximum absolute atomic E-state index is 11.5. The van der Waals surface area contributed by atoms with Gasteiger partial charge in [0, 0.05) is 15.1 Å². The van der Waals surface area contributed by atoms with Crippen LogP contribution in [0.4, 0.5) is 5.69 Å². The molecule has 21 heavy (non-hydrogen) atoms. The molecule has 108 valence electrons. The van der Waals surface area contributed by atoms with Crippen molar-refractivity contribution >= 4 is 43.5 Å². The fourth-order valence-electron chi connectivity index (χ4n) is 1.48. The Morgan fingerprint density at radius 2 is 1.90 bits per heavy atom. The van der Waals surface area contributed by atoms with Gasteiger partial charge in [0.25, 0.3) is 0 Å². The van der Waals surface area contributed by atoms with Crippen molar-refractivity contribution in [2.75, 3.05) is 11.9 Å². The second kappa shape index (κ2) is 8.46. The highest BCUT2D eigenvalue weighted by Crippen LogP contribution is 2.33. The first-order chi connectivity index (χ1) is 10.0. The van der Waals surface area contributed by atoms with E-state index in [0.717, 1.165) is 5.56 Å². The summed E-state index contributed by atoms with van der Waals surface area (Å²) in [7, 11) is 0. The van der Waals surface area contributed by atoms with E-state index >= 15 is 0 Å². The molecule has 1 N–H and O–H groups in total. The summed E-state index contributed by atoms with van der Waals surface area (Å²) < 4.78 is 6.29. The SMILES string of the molecule is CCOC(=O)Cc1cc(Br)c(NC=C(C#N)C#N)c(Br)c1. The highest BCUT2D eigenvalue weighted by atomic mass is 79.9. The molecule has 1 aromatic carbocycles. The Bertz CT molecular complexity index is 618. The van der Waals surface area contributed by atoms with Crippen molar-refractivity contribution in [3.63, 3.8) is 0 Å². The Kier molecular flexibility index (Phi) is 6.93. The molecule has 0 atom stereocenters. The summed E-state index contributed by atoms with van der Waals surface area (Å²) in [6.45, 7) is 2.10. The standard InChI is InChI=1S/C14H11Br2N3O2/c1-2-21-13(20)5-9-3-11(15)14(12(16)4-9)19-8-10(6-17)7-18/h3-4,8,19H,2,5H2,1H3. The van der Waals surface area contributed by atoms with Gasteiger partial charge >= 0.3 is 5.97 Å². The van der Waals surface area contributed by atoms with Crippen LogP contribution in [-0.2, 0) is 16.0 Å². The maximum Gasteiger partial charge on any atom is 0.310 e. The molecule has 0 aliphatic rings. The van der Waals surface area contributed by atoms with E-state index in [1.54, 1.807) is 31.2 Å². The Hall–Kier alpha value is -1.83. The molecule has 0 fully saturated rings. The highest BCUT2D eigenvalue weighted by Gasteiger charge is 2.10. The second-order valence-electron chi connectivity index (χ2n) is 3.84. The van der Waals surface area contributed by atoms with Gasteiger partial charge in [0.15, 0.2) is 0 Å². The van der Waals surface area contributed by atoms with Crippen molar-refractivity contribution in [2.45, 2.75) is 13.3 Å². The summed E-state index contributed by atoms with van der Waals surface area (Å²) in [6.07, 6.45) is 1.48. The lowest BCUT2D eigenvalue weighted by molar-refractivity contribution is -0.142.